The number of nitrogens with two attached hydrogens (primary N) is 2. The molecule has 2 nitrogen and oxygen atoms in total. The maximum Gasteiger partial charge on any atom is 0.0419 e. The van der Waals surface area contributed by atoms with Crippen LogP contribution in [0.5, 0.6) is 0 Å². The highest BCUT2D eigenvalue weighted by atomic mass is 32.1. The van der Waals surface area contributed by atoms with E-state index >= 15 is 0 Å². The van der Waals surface area contributed by atoms with Crippen LogP contribution in [-0.2, 0) is 0 Å². The summed E-state index contributed by atoms with van der Waals surface area (Å²) < 4.78 is 0. The van der Waals surface area contributed by atoms with E-state index < -0.39 is 0 Å². The van der Waals surface area contributed by atoms with E-state index in [0.29, 0.717) is 6.54 Å². The Morgan fingerprint density at radius 2 is 1.88 bits per heavy atom. The van der Waals surface area contributed by atoms with E-state index in [2.05, 4.69) is 42.6 Å². The minimum absolute atomic E-state index is 0.0572. The smallest absolute Gasteiger partial charge is 0.0419 e. The van der Waals surface area contributed by atoms with Gasteiger partial charge in [-0.05, 0) is 35.1 Å². The molecule has 0 aliphatic carbocycles. The summed E-state index contributed by atoms with van der Waals surface area (Å²) >= 11 is 1.77. The summed E-state index contributed by atoms with van der Waals surface area (Å²) in [6.45, 7) is 2.60. The van der Waals surface area contributed by atoms with Gasteiger partial charge in [0.1, 0.15) is 0 Å². The monoisotopic (exact) mass is 232 g/mol. The summed E-state index contributed by atoms with van der Waals surface area (Å²) in [5, 5.41) is 2.17. The molecule has 16 heavy (non-hydrogen) atoms. The third-order valence-electron chi connectivity index (χ3n) is 2.66. The second-order valence-corrected chi connectivity index (χ2v) is 5.03. The summed E-state index contributed by atoms with van der Waals surface area (Å²) in [7, 11) is 0. The maximum atomic E-state index is 5.86. The van der Waals surface area contributed by atoms with Crippen LogP contribution < -0.4 is 11.5 Å². The van der Waals surface area contributed by atoms with Gasteiger partial charge in [-0.15, -0.1) is 11.3 Å². The standard InChI is InChI=1S/C13H16N2S/c1-9-6-12(8-16-9)10-2-4-11(5-3-10)13(15)7-14/h2-6,8,13H,7,14-15H2,1H3. The fraction of sp³-hybridized carbons (Fsp3) is 0.231. The molecule has 1 aromatic carbocycles. The van der Waals surface area contributed by atoms with Gasteiger partial charge in [0.2, 0.25) is 0 Å². The largest absolute Gasteiger partial charge is 0.329 e. The quantitative estimate of drug-likeness (QED) is 0.855. The van der Waals surface area contributed by atoms with Gasteiger partial charge in [0.05, 0.1) is 0 Å². The van der Waals surface area contributed by atoms with Crippen LogP contribution >= 0.6 is 11.3 Å². The number of benzene rings is 1. The third-order valence-corrected chi connectivity index (χ3v) is 3.52. The highest BCUT2D eigenvalue weighted by Gasteiger charge is 2.04. The van der Waals surface area contributed by atoms with Gasteiger partial charge in [0.15, 0.2) is 0 Å². The Morgan fingerprint density at radius 3 is 2.38 bits per heavy atom. The molecule has 0 fully saturated rings. The molecule has 84 valence electrons. The first kappa shape index (κ1) is 11.3. The van der Waals surface area contributed by atoms with E-state index in [4.69, 9.17) is 11.5 Å². The second kappa shape index (κ2) is 4.78. The van der Waals surface area contributed by atoms with E-state index in [1.54, 1.807) is 11.3 Å². The average molecular weight is 232 g/mol. The normalized spacial score (nSPS) is 12.7. The highest BCUT2D eigenvalue weighted by Crippen LogP contribution is 2.25. The lowest BCUT2D eigenvalue weighted by atomic mass is 10.0. The molecule has 0 aliphatic heterocycles. The Morgan fingerprint density at radius 1 is 1.19 bits per heavy atom. The van der Waals surface area contributed by atoms with Gasteiger partial charge in [-0.25, -0.2) is 0 Å². The topological polar surface area (TPSA) is 52.0 Å². The van der Waals surface area contributed by atoms with Crippen molar-refractivity contribution in [2.75, 3.05) is 6.54 Å². The van der Waals surface area contributed by atoms with Crippen molar-refractivity contribution in [3.05, 3.63) is 46.2 Å². The van der Waals surface area contributed by atoms with Crippen LogP contribution in [0.15, 0.2) is 35.7 Å². The van der Waals surface area contributed by atoms with Crippen molar-refractivity contribution < 1.29 is 0 Å². The number of thiophene rings is 1. The van der Waals surface area contributed by atoms with Crippen molar-refractivity contribution in [1.82, 2.24) is 0 Å². The highest BCUT2D eigenvalue weighted by molar-refractivity contribution is 7.10. The lowest BCUT2D eigenvalue weighted by molar-refractivity contribution is 0.737. The summed E-state index contributed by atoms with van der Waals surface area (Å²) in [5.41, 5.74) is 15.0. The SMILES string of the molecule is Cc1cc(-c2ccc(C(N)CN)cc2)cs1. The molecule has 2 aromatic rings. The number of rotatable bonds is 3. The molecule has 0 saturated heterocycles. The first-order valence-corrected chi connectivity index (χ1v) is 6.20. The molecular weight excluding hydrogens is 216 g/mol. The molecule has 0 bridgehead atoms. The van der Waals surface area contributed by atoms with E-state index in [0.717, 1.165) is 5.56 Å². The van der Waals surface area contributed by atoms with E-state index in [9.17, 15) is 0 Å². The Labute approximate surface area is 99.9 Å². The molecule has 1 heterocycles. The van der Waals surface area contributed by atoms with Gasteiger partial charge < -0.3 is 11.5 Å². The predicted molar refractivity (Wildman–Crippen MR) is 70.5 cm³/mol. The van der Waals surface area contributed by atoms with Crippen molar-refractivity contribution in [2.45, 2.75) is 13.0 Å². The minimum Gasteiger partial charge on any atom is -0.329 e. The third kappa shape index (κ3) is 2.32. The fourth-order valence-corrected chi connectivity index (χ4v) is 2.37. The molecule has 0 amide bonds. The van der Waals surface area contributed by atoms with Crippen molar-refractivity contribution in [3.8, 4) is 11.1 Å². The van der Waals surface area contributed by atoms with Crippen LogP contribution in [0.4, 0.5) is 0 Å². The molecule has 4 N–H and O–H groups in total. The minimum atomic E-state index is -0.0572. The van der Waals surface area contributed by atoms with Crippen LogP contribution in [0.25, 0.3) is 11.1 Å². The molecule has 1 unspecified atom stereocenters. The molecule has 0 saturated carbocycles. The second-order valence-electron chi connectivity index (χ2n) is 3.91. The van der Waals surface area contributed by atoms with Crippen LogP contribution in [0, 0.1) is 6.92 Å². The van der Waals surface area contributed by atoms with Gasteiger partial charge in [0.25, 0.3) is 0 Å². The Balaban J connectivity index is 2.25. The summed E-state index contributed by atoms with van der Waals surface area (Å²) in [5.74, 6) is 0. The lowest BCUT2D eigenvalue weighted by Crippen LogP contribution is -2.20. The zero-order valence-corrected chi connectivity index (χ0v) is 10.1. The van der Waals surface area contributed by atoms with Gasteiger partial charge in [-0.2, -0.15) is 0 Å². The molecular formula is C13H16N2S. The molecule has 1 aromatic heterocycles. The number of aryl methyl sites for hydroxylation is 1. The van der Waals surface area contributed by atoms with Gasteiger partial charge in [0, 0.05) is 17.5 Å². The molecule has 3 heteroatoms. The fourth-order valence-electron chi connectivity index (χ4n) is 1.65. The van der Waals surface area contributed by atoms with Gasteiger partial charge in [-0.3, -0.25) is 0 Å². The average Bonchev–Trinajstić information content (AvgIpc) is 2.75. The molecule has 0 radical (unpaired) electrons. The van der Waals surface area contributed by atoms with E-state index in [-0.39, 0.29) is 6.04 Å². The van der Waals surface area contributed by atoms with E-state index in [1.807, 2.05) is 0 Å². The van der Waals surface area contributed by atoms with Gasteiger partial charge >= 0.3 is 0 Å². The van der Waals surface area contributed by atoms with Crippen LogP contribution in [0.1, 0.15) is 16.5 Å². The molecule has 0 spiro atoms. The Bertz CT molecular complexity index is 459. The zero-order chi connectivity index (χ0) is 11.5. The molecule has 1 atom stereocenters. The van der Waals surface area contributed by atoms with Crippen LogP contribution in [0.3, 0.4) is 0 Å². The van der Waals surface area contributed by atoms with E-state index in [1.165, 1.54) is 16.0 Å². The predicted octanol–water partition coefficient (Wildman–Crippen LogP) is 2.68. The van der Waals surface area contributed by atoms with Crippen LogP contribution in [0.2, 0.25) is 0 Å². The van der Waals surface area contributed by atoms with Crippen molar-refractivity contribution >= 4 is 11.3 Å². The van der Waals surface area contributed by atoms with Crippen molar-refractivity contribution in [1.29, 1.82) is 0 Å². The van der Waals surface area contributed by atoms with Gasteiger partial charge in [-0.1, -0.05) is 24.3 Å². The summed E-state index contributed by atoms with van der Waals surface area (Å²) in [6.07, 6.45) is 0. The van der Waals surface area contributed by atoms with Crippen LogP contribution in [-0.4, -0.2) is 6.54 Å². The lowest BCUT2D eigenvalue weighted by Gasteiger charge is -2.09. The zero-order valence-electron chi connectivity index (χ0n) is 9.31. The Kier molecular flexibility index (Phi) is 3.39. The Hall–Kier alpha value is -1.16. The van der Waals surface area contributed by atoms with Crippen molar-refractivity contribution in [2.24, 2.45) is 11.5 Å². The molecule has 0 aliphatic rings. The van der Waals surface area contributed by atoms with Crippen molar-refractivity contribution in [3.63, 3.8) is 0 Å². The number of hydrogen-bond donors (Lipinski definition) is 2. The maximum absolute atomic E-state index is 5.86. The first-order valence-electron chi connectivity index (χ1n) is 5.32. The molecule has 2 rings (SSSR count). The first-order chi connectivity index (χ1) is 7.70. The summed E-state index contributed by atoms with van der Waals surface area (Å²) in [6, 6.07) is 10.5. The number of hydrogen-bond acceptors (Lipinski definition) is 3. The summed E-state index contributed by atoms with van der Waals surface area (Å²) in [4.78, 5) is 1.33.